The normalized spacial score (nSPS) is 22.6. The fourth-order valence-corrected chi connectivity index (χ4v) is 4.57. The van der Waals surface area contributed by atoms with Gasteiger partial charge in [-0.25, -0.2) is 0 Å². The van der Waals surface area contributed by atoms with E-state index in [4.69, 9.17) is 16.3 Å². The highest BCUT2D eigenvalue weighted by molar-refractivity contribution is 6.30. The second kappa shape index (κ2) is 9.47. The standard InChI is InChI=1S/C25H22ClF3N2O4/c1-15-20(21(32)16-6-3-2-4-7-16)24(25(27,28)29,23(34)31(15)14-19-8-5-13-35-19)30-22(33)17-9-11-18(26)12-10-17/h2-4,6-7,9-12,19H,5,8,13-14H2,1H3,(H,30,33)/t19-,24+/m0/s1. The van der Waals surface area contributed by atoms with Crippen molar-refractivity contribution in [1.29, 1.82) is 0 Å². The maximum absolute atomic E-state index is 14.9. The van der Waals surface area contributed by atoms with Crippen LogP contribution in [0.5, 0.6) is 0 Å². The minimum absolute atomic E-state index is 0.0389. The van der Waals surface area contributed by atoms with E-state index < -0.39 is 41.0 Å². The third kappa shape index (κ3) is 4.46. The van der Waals surface area contributed by atoms with Gasteiger partial charge in [0, 0.05) is 28.5 Å². The number of amides is 2. The summed E-state index contributed by atoms with van der Waals surface area (Å²) in [6, 6.07) is 12.5. The van der Waals surface area contributed by atoms with Gasteiger partial charge in [-0.2, -0.15) is 13.2 Å². The quantitative estimate of drug-likeness (QED) is 0.583. The summed E-state index contributed by atoms with van der Waals surface area (Å²) in [7, 11) is 0. The Morgan fingerprint density at radius 3 is 2.34 bits per heavy atom. The van der Waals surface area contributed by atoms with Crippen molar-refractivity contribution < 1.29 is 32.3 Å². The Labute approximate surface area is 204 Å². The molecule has 2 atom stereocenters. The number of hydrogen-bond acceptors (Lipinski definition) is 4. The molecule has 0 aliphatic carbocycles. The zero-order valence-electron chi connectivity index (χ0n) is 18.7. The summed E-state index contributed by atoms with van der Waals surface area (Å²) < 4.78 is 50.2. The Morgan fingerprint density at radius 2 is 1.77 bits per heavy atom. The molecule has 2 aromatic carbocycles. The molecule has 6 nitrogen and oxygen atoms in total. The number of halogens is 4. The lowest BCUT2D eigenvalue weighted by atomic mass is 9.84. The summed E-state index contributed by atoms with van der Waals surface area (Å²) in [5.41, 5.74) is -4.76. The number of ketones is 1. The van der Waals surface area contributed by atoms with Crippen LogP contribution in [0.25, 0.3) is 0 Å². The number of carbonyl (C=O) groups is 3. The SMILES string of the molecule is CC1=C(C(=O)c2ccccc2)[C@](NC(=O)c2ccc(Cl)cc2)(C(F)(F)F)C(=O)N1C[C@@H]1CCCO1. The van der Waals surface area contributed by atoms with Crippen LogP contribution in [0.2, 0.25) is 5.02 Å². The van der Waals surface area contributed by atoms with Crippen LogP contribution in [0.4, 0.5) is 13.2 Å². The fraction of sp³-hybridized carbons (Fsp3) is 0.320. The van der Waals surface area contributed by atoms with Gasteiger partial charge in [-0.05, 0) is 44.0 Å². The van der Waals surface area contributed by atoms with E-state index in [-0.39, 0.29) is 28.4 Å². The van der Waals surface area contributed by atoms with Crippen LogP contribution in [-0.4, -0.2) is 53.5 Å². The molecule has 0 radical (unpaired) electrons. The van der Waals surface area contributed by atoms with E-state index in [9.17, 15) is 27.6 Å². The maximum Gasteiger partial charge on any atom is 0.425 e. The molecular formula is C25H22ClF3N2O4. The van der Waals surface area contributed by atoms with Gasteiger partial charge in [-0.3, -0.25) is 14.4 Å². The van der Waals surface area contributed by atoms with Crippen molar-refractivity contribution in [3.8, 4) is 0 Å². The number of benzene rings is 2. The number of Topliss-reactive ketones (excluding diaryl/α,β-unsaturated/α-hetero) is 1. The lowest BCUT2D eigenvalue weighted by molar-refractivity contribution is -0.189. The molecule has 2 heterocycles. The van der Waals surface area contributed by atoms with Gasteiger partial charge in [0.1, 0.15) is 0 Å². The number of rotatable bonds is 6. The average molecular weight is 507 g/mol. The molecule has 2 aliphatic rings. The Morgan fingerprint density at radius 1 is 1.11 bits per heavy atom. The molecule has 1 saturated heterocycles. The first-order chi connectivity index (χ1) is 16.6. The summed E-state index contributed by atoms with van der Waals surface area (Å²) >= 11 is 5.83. The topological polar surface area (TPSA) is 75.7 Å². The molecule has 2 aromatic rings. The fourth-order valence-electron chi connectivity index (χ4n) is 4.44. The second-order valence-electron chi connectivity index (χ2n) is 8.42. The molecular weight excluding hydrogens is 485 g/mol. The summed E-state index contributed by atoms with van der Waals surface area (Å²) in [5, 5.41) is 2.17. The summed E-state index contributed by atoms with van der Waals surface area (Å²) in [5.74, 6) is -3.61. The zero-order valence-corrected chi connectivity index (χ0v) is 19.4. The molecule has 1 fully saturated rings. The van der Waals surface area contributed by atoms with Crippen LogP contribution >= 0.6 is 11.6 Å². The van der Waals surface area contributed by atoms with Crippen molar-refractivity contribution in [2.75, 3.05) is 13.2 Å². The van der Waals surface area contributed by atoms with E-state index in [2.05, 4.69) is 0 Å². The Hall–Kier alpha value is -3.17. The van der Waals surface area contributed by atoms with Gasteiger partial charge >= 0.3 is 6.18 Å². The first kappa shape index (κ1) is 24.9. The average Bonchev–Trinajstić information content (AvgIpc) is 3.41. The number of hydrogen-bond donors (Lipinski definition) is 1. The van der Waals surface area contributed by atoms with Gasteiger partial charge in [0.05, 0.1) is 18.2 Å². The van der Waals surface area contributed by atoms with Crippen molar-refractivity contribution in [1.82, 2.24) is 10.2 Å². The van der Waals surface area contributed by atoms with Crippen molar-refractivity contribution in [3.63, 3.8) is 0 Å². The van der Waals surface area contributed by atoms with E-state index in [0.717, 1.165) is 4.90 Å². The van der Waals surface area contributed by atoms with Gasteiger partial charge in [-0.15, -0.1) is 0 Å². The van der Waals surface area contributed by atoms with E-state index in [1.807, 2.05) is 5.32 Å². The van der Waals surface area contributed by atoms with Gasteiger partial charge in [-0.1, -0.05) is 41.9 Å². The van der Waals surface area contributed by atoms with E-state index in [1.165, 1.54) is 55.5 Å². The molecule has 2 amide bonds. The molecule has 0 saturated carbocycles. The van der Waals surface area contributed by atoms with Crippen LogP contribution < -0.4 is 5.32 Å². The van der Waals surface area contributed by atoms with Crippen molar-refractivity contribution in [2.24, 2.45) is 0 Å². The maximum atomic E-state index is 14.9. The van der Waals surface area contributed by atoms with E-state index >= 15 is 0 Å². The van der Waals surface area contributed by atoms with Crippen LogP contribution in [0.1, 0.15) is 40.5 Å². The molecule has 0 bridgehead atoms. The van der Waals surface area contributed by atoms with Gasteiger partial charge in [0.15, 0.2) is 5.78 Å². The predicted octanol–water partition coefficient (Wildman–Crippen LogP) is 4.55. The van der Waals surface area contributed by atoms with E-state index in [0.29, 0.717) is 19.4 Å². The second-order valence-corrected chi connectivity index (χ2v) is 8.85. The highest BCUT2D eigenvalue weighted by atomic mass is 35.5. The first-order valence-electron chi connectivity index (χ1n) is 11.0. The number of carbonyl (C=O) groups excluding carboxylic acids is 3. The molecule has 10 heteroatoms. The zero-order chi connectivity index (χ0) is 25.4. The van der Waals surface area contributed by atoms with Gasteiger partial charge in [0.2, 0.25) is 5.54 Å². The highest BCUT2D eigenvalue weighted by Gasteiger charge is 2.70. The first-order valence-corrected chi connectivity index (χ1v) is 11.3. The molecule has 184 valence electrons. The number of allylic oxidation sites excluding steroid dienone is 1. The molecule has 0 aromatic heterocycles. The van der Waals surface area contributed by atoms with Gasteiger partial charge in [0.25, 0.3) is 11.8 Å². The van der Waals surface area contributed by atoms with Crippen LogP contribution in [0.15, 0.2) is 65.9 Å². The van der Waals surface area contributed by atoms with Crippen LogP contribution in [-0.2, 0) is 9.53 Å². The minimum Gasteiger partial charge on any atom is -0.376 e. The molecule has 2 aliphatic heterocycles. The molecule has 35 heavy (non-hydrogen) atoms. The predicted molar refractivity (Wildman–Crippen MR) is 122 cm³/mol. The lowest BCUT2D eigenvalue weighted by Gasteiger charge is -2.33. The Balaban J connectivity index is 1.85. The largest absolute Gasteiger partial charge is 0.425 e. The number of nitrogens with one attached hydrogen (secondary N) is 1. The third-order valence-corrected chi connectivity index (χ3v) is 6.47. The summed E-state index contributed by atoms with van der Waals surface area (Å²) in [4.78, 5) is 40.9. The van der Waals surface area contributed by atoms with Crippen LogP contribution in [0.3, 0.4) is 0 Å². The van der Waals surface area contributed by atoms with Crippen molar-refractivity contribution >= 4 is 29.2 Å². The number of nitrogens with zero attached hydrogens (tertiary/aromatic N) is 1. The highest BCUT2D eigenvalue weighted by Crippen LogP contribution is 2.46. The minimum atomic E-state index is -5.32. The lowest BCUT2D eigenvalue weighted by Crippen LogP contribution is -2.66. The summed E-state index contributed by atoms with van der Waals surface area (Å²) in [6.07, 6.45) is -4.52. The van der Waals surface area contributed by atoms with Crippen molar-refractivity contribution in [3.05, 3.63) is 82.0 Å². The summed E-state index contributed by atoms with van der Waals surface area (Å²) in [6.45, 7) is 1.55. The molecule has 1 N–H and O–H groups in total. The monoisotopic (exact) mass is 506 g/mol. The van der Waals surface area contributed by atoms with Gasteiger partial charge < -0.3 is 15.0 Å². The Kier molecular flexibility index (Phi) is 6.75. The Bertz CT molecular complexity index is 1180. The third-order valence-electron chi connectivity index (χ3n) is 6.21. The molecule has 4 rings (SSSR count). The molecule has 0 spiro atoms. The number of alkyl halides is 3. The van der Waals surface area contributed by atoms with Crippen LogP contribution in [0, 0.1) is 0 Å². The smallest absolute Gasteiger partial charge is 0.376 e. The number of ether oxygens (including phenoxy) is 1. The van der Waals surface area contributed by atoms with E-state index in [1.54, 1.807) is 6.07 Å². The van der Waals surface area contributed by atoms with Crippen molar-refractivity contribution in [2.45, 2.75) is 37.6 Å². The molecule has 0 unspecified atom stereocenters.